The van der Waals surface area contributed by atoms with Crippen LogP contribution >= 0.6 is 11.6 Å². The fourth-order valence-corrected chi connectivity index (χ4v) is 3.78. The van der Waals surface area contributed by atoms with Crippen molar-refractivity contribution >= 4 is 17.5 Å². The van der Waals surface area contributed by atoms with E-state index in [1.165, 1.54) is 11.1 Å². The third-order valence-electron chi connectivity index (χ3n) is 4.98. The zero-order chi connectivity index (χ0) is 19.1. The Labute approximate surface area is 163 Å². The second-order valence-corrected chi connectivity index (χ2v) is 7.19. The van der Waals surface area contributed by atoms with Crippen LogP contribution in [-0.2, 0) is 17.6 Å². The van der Waals surface area contributed by atoms with Gasteiger partial charge in [-0.2, -0.15) is 0 Å². The summed E-state index contributed by atoms with van der Waals surface area (Å²) in [6.45, 7) is 9.78. The van der Waals surface area contributed by atoms with E-state index in [-0.39, 0.29) is 5.92 Å². The molecule has 1 amide bonds. The molecule has 3 heteroatoms. The highest BCUT2D eigenvalue weighted by Crippen LogP contribution is 2.28. The number of hydrogen-bond acceptors (Lipinski definition) is 1. The Morgan fingerprint density at radius 2 is 1.81 bits per heavy atom. The lowest BCUT2D eigenvalue weighted by molar-refractivity contribution is -0.130. The topological polar surface area (TPSA) is 20.3 Å². The Morgan fingerprint density at radius 3 is 2.50 bits per heavy atom. The van der Waals surface area contributed by atoms with Crippen molar-refractivity contribution in [2.45, 2.75) is 47.0 Å². The van der Waals surface area contributed by atoms with Gasteiger partial charge in [-0.1, -0.05) is 61.8 Å². The van der Waals surface area contributed by atoms with Crippen LogP contribution in [-0.4, -0.2) is 23.9 Å². The van der Waals surface area contributed by atoms with Crippen LogP contribution in [0, 0.1) is 19.8 Å². The summed E-state index contributed by atoms with van der Waals surface area (Å²) in [7, 11) is 0. The monoisotopic (exact) mass is 371 g/mol. The maximum Gasteiger partial charge on any atom is 0.226 e. The Bertz CT molecular complexity index is 726. The molecule has 1 fully saturated rings. The highest BCUT2D eigenvalue weighted by molar-refractivity contribution is 6.31. The first-order valence-electron chi connectivity index (χ1n) is 9.63. The number of carbonyl (C=O) groups is 1. The molecule has 0 saturated carbocycles. The van der Waals surface area contributed by atoms with Gasteiger partial charge in [0.2, 0.25) is 5.91 Å². The molecule has 3 rings (SSSR count). The lowest BCUT2D eigenvalue weighted by Gasteiger charge is -2.17. The molecular formula is C23H30ClNO. The van der Waals surface area contributed by atoms with E-state index in [1.54, 1.807) is 0 Å². The Balaban J connectivity index is 0.00000117. The number of likely N-dealkylation sites (tertiary alicyclic amines) is 1. The summed E-state index contributed by atoms with van der Waals surface area (Å²) in [5.74, 6) is 0.389. The molecule has 0 spiro atoms. The third-order valence-corrected chi connectivity index (χ3v) is 5.38. The fourth-order valence-electron chi connectivity index (χ4n) is 3.49. The Morgan fingerprint density at radius 1 is 1.12 bits per heavy atom. The van der Waals surface area contributed by atoms with Crippen molar-refractivity contribution in [3.63, 3.8) is 0 Å². The molecule has 0 aliphatic carbocycles. The predicted molar refractivity (Wildman–Crippen MR) is 111 cm³/mol. The Kier molecular flexibility index (Phi) is 7.71. The maximum absolute atomic E-state index is 12.7. The Hall–Kier alpha value is -1.80. The van der Waals surface area contributed by atoms with Gasteiger partial charge in [0.15, 0.2) is 0 Å². The molecule has 2 nitrogen and oxygen atoms in total. The van der Waals surface area contributed by atoms with Gasteiger partial charge in [-0.25, -0.2) is 0 Å². The van der Waals surface area contributed by atoms with Crippen LogP contribution in [0.1, 0.15) is 42.5 Å². The number of rotatable bonds is 5. The van der Waals surface area contributed by atoms with Crippen LogP contribution < -0.4 is 0 Å². The summed E-state index contributed by atoms with van der Waals surface area (Å²) in [4.78, 5) is 14.7. The standard InChI is InChI=1S/C21H24ClNO.C2H6/c1-15-12-19(16(2)20(22)13-15)14-18-9-11-23(21(18)24)10-8-17-6-4-3-5-7-17;1-2/h3-7,12-13,18H,8-11,14H2,1-2H3;1-2H3. The minimum Gasteiger partial charge on any atom is -0.342 e. The molecule has 1 aliphatic heterocycles. The van der Waals surface area contributed by atoms with E-state index in [0.29, 0.717) is 5.91 Å². The summed E-state index contributed by atoms with van der Waals surface area (Å²) in [5, 5.41) is 0.802. The van der Waals surface area contributed by atoms with Crippen molar-refractivity contribution in [3.05, 3.63) is 69.7 Å². The van der Waals surface area contributed by atoms with Crippen LogP contribution in [0.2, 0.25) is 5.02 Å². The number of amides is 1. The van der Waals surface area contributed by atoms with Gasteiger partial charge in [0.05, 0.1) is 0 Å². The predicted octanol–water partition coefficient (Wildman–Crippen LogP) is 5.62. The van der Waals surface area contributed by atoms with Crippen molar-refractivity contribution in [2.75, 3.05) is 13.1 Å². The molecule has 140 valence electrons. The van der Waals surface area contributed by atoms with E-state index in [9.17, 15) is 4.79 Å². The SMILES string of the molecule is CC.Cc1cc(Cl)c(C)c(CC2CCN(CCc3ccccc3)C2=O)c1. The molecule has 1 unspecified atom stereocenters. The zero-order valence-electron chi connectivity index (χ0n) is 16.4. The van der Waals surface area contributed by atoms with E-state index in [2.05, 4.69) is 25.1 Å². The maximum atomic E-state index is 12.7. The smallest absolute Gasteiger partial charge is 0.226 e. The van der Waals surface area contributed by atoms with Gasteiger partial charge in [0, 0.05) is 24.0 Å². The van der Waals surface area contributed by atoms with Gasteiger partial charge < -0.3 is 4.90 Å². The van der Waals surface area contributed by atoms with Crippen LogP contribution in [0.4, 0.5) is 0 Å². The minimum atomic E-state index is 0.0948. The molecule has 1 atom stereocenters. The van der Waals surface area contributed by atoms with Crippen molar-refractivity contribution in [2.24, 2.45) is 5.92 Å². The summed E-state index contributed by atoms with van der Waals surface area (Å²) in [6, 6.07) is 14.5. The lowest BCUT2D eigenvalue weighted by atomic mass is 9.94. The van der Waals surface area contributed by atoms with E-state index in [4.69, 9.17) is 11.6 Å². The number of hydrogen-bond donors (Lipinski definition) is 0. The van der Waals surface area contributed by atoms with Crippen molar-refractivity contribution in [3.8, 4) is 0 Å². The first-order valence-corrected chi connectivity index (χ1v) is 10.0. The summed E-state index contributed by atoms with van der Waals surface area (Å²) < 4.78 is 0. The molecule has 1 saturated heterocycles. The largest absolute Gasteiger partial charge is 0.342 e. The number of nitrogens with zero attached hydrogens (tertiary/aromatic N) is 1. The van der Waals surface area contributed by atoms with Crippen LogP contribution in [0.3, 0.4) is 0 Å². The summed E-state index contributed by atoms with van der Waals surface area (Å²) >= 11 is 6.29. The van der Waals surface area contributed by atoms with Gasteiger partial charge in [-0.3, -0.25) is 4.79 Å². The van der Waals surface area contributed by atoms with Crippen LogP contribution in [0.5, 0.6) is 0 Å². The zero-order valence-corrected chi connectivity index (χ0v) is 17.1. The summed E-state index contributed by atoms with van der Waals surface area (Å²) in [6.07, 6.45) is 2.67. The second kappa shape index (κ2) is 9.78. The normalized spacial score (nSPS) is 16.4. The molecule has 1 aliphatic rings. The van der Waals surface area contributed by atoms with E-state index < -0.39 is 0 Å². The molecule has 2 aromatic carbocycles. The first kappa shape index (κ1) is 20.5. The lowest BCUT2D eigenvalue weighted by Crippen LogP contribution is -2.30. The average molecular weight is 372 g/mol. The highest BCUT2D eigenvalue weighted by Gasteiger charge is 2.31. The molecule has 1 heterocycles. The quantitative estimate of drug-likeness (QED) is 0.668. The summed E-state index contributed by atoms with van der Waals surface area (Å²) in [5.41, 5.74) is 4.77. The molecular weight excluding hydrogens is 342 g/mol. The molecule has 2 aromatic rings. The molecule has 0 radical (unpaired) electrons. The number of aryl methyl sites for hydroxylation is 1. The van der Waals surface area contributed by atoms with Gasteiger partial charge in [0.1, 0.15) is 0 Å². The molecule has 0 N–H and O–H groups in total. The number of halogens is 1. The van der Waals surface area contributed by atoms with E-state index in [1.807, 2.05) is 49.9 Å². The average Bonchev–Trinajstić information content (AvgIpc) is 3.00. The van der Waals surface area contributed by atoms with Gasteiger partial charge >= 0.3 is 0 Å². The molecule has 26 heavy (non-hydrogen) atoms. The third kappa shape index (κ3) is 5.11. The van der Waals surface area contributed by atoms with Gasteiger partial charge in [-0.15, -0.1) is 0 Å². The molecule has 0 bridgehead atoms. The first-order chi connectivity index (χ1) is 12.5. The van der Waals surface area contributed by atoms with E-state index in [0.717, 1.165) is 48.5 Å². The van der Waals surface area contributed by atoms with Crippen molar-refractivity contribution in [1.29, 1.82) is 0 Å². The number of carbonyl (C=O) groups excluding carboxylic acids is 1. The minimum absolute atomic E-state index is 0.0948. The van der Waals surface area contributed by atoms with Crippen molar-refractivity contribution in [1.82, 2.24) is 4.90 Å². The van der Waals surface area contributed by atoms with Crippen LogP contribution in [0.15, 0.2) is 42.5 Å². The van der Waals surface area contributed by atoms with Gasteiger partial charge in [0.25, 0.3) is 0 Å². The second-order valence-electron chi connectivity index (χ2n) is 6.78. The fraction of sp³-hybridized carbons (Fsp3) is 0.435. The highest BCUT2D eigenvalue weighted by atomic mass is 35.5. The van der Waals surface area contributed by atoms with Crippen LogP contribution in [0.25, 0.3) is 0 Å². The van der Waals surface area contributed by atoms with Crippen molar-refractivity contribution < 1.29 is 4.79 Å². The van der Waals surface area contributed by atoms with E-state index >= 15 is 0 Å². The molecule has 0 aromatic heterocycles. The van der Waals surface area contributed by atoms with Gasteiger partial charge in [-0.05, 0) is 61.4 Å². The number of benzene rings is 2.